The van der Waals surface area contributed by atoms with Crippen LogP contribution in [0.2, 0.25) is 0 Å². The maximum atomic E-state index is 12.1. The zero-order valence-corrected chi connectivity index (χ0v) is 17.0. The van der Waals surface area contributed by atoms with Crippen molar-refractivity contribution >= 4 is 11.8 Å². The predicted molar refractivity (Wildman–Crippen MR) is 103 cm³/mol. The number of carbonyl (C=O) groups excluding carboxylic acids is 2. The fourth-order valence-corrected chi connectivity index (χ4v) is 2.76. The molecule has 0 spiro atoms. The van der Waals surface area contributed by atoms with Crippen LogP contribution < -0.4 is 5.32 Å². The Morgan fingerprint density at radius 3 is 2.46 bits per heavy atom. The SMILES string of the molecule is CC.CC(C)CC(=O)N1CCCC1C(=O)NCC1CC1.Cc1ccon1. The summed E-state index contributed by atoms with van der Waals surface area (Å²) in [4.78, 5) is 25.9. The van der Waals surface area contributed by atoms with Crippen LogP contribution in [-0.2, 0) is 9.59 Å². The normalized spacial score (nSPS) is 18.5. The summed E-state index contributed by atoms with van der Waals surface area (Å²) in [6, 6.07) is 1.59. The molecular weight excluding hydrogens is 330 g/mol. The summed E-state index contributed by atoms with van der Waals surface area (Å²) in [6.07, 6.45) is 6.34. The van der Waals surface area contributed by atoms with Gasteiger partial charge >= 0.3 is 0 Å². The van der Waals surface area contributed by atoms with Crippen molar-refractivity contribution in [2.45, 2.75) is 72.8 Å². The second-order valence-electron chi connectivity index (χ2n) is 7.17. The van der Waals surface area contributed by atoms with E-state index in [1.807, 2.05) is 34.6 Å². The maximum absolute atomic E-state index is 12.1. The quantitative estimate of drug-likeness (QED) is 0.866. The predicted octanol–water partition coefficient (Wildman–Crippen LogP) is 3.56. The van der Waals surface area contributed by atoms with Gasteiger partial charge in [0.1, 0.15) is 12.3 Å². The van der Waals surface area contributed by atoms with Gasteiger partial charge in [-0.05, 0) is 44.4 Å². The molecule has 1 aromatic rings. The molecule has 0 bridgehead atoms. The van der Waals surface area contributed by atoms with Gasteiger partial charge in [0.25, 0.3) is 0 Å². The van der Waals surface area contributed by atoms with Crippen molar-refractivity contribution in [1.29, 1.82) is 0 Å². The smallest absolute Gasteiger partial charge is 0.242 e. The molecule has 1 N–H and O–H groups in total. The van der Waals surface area contributed by atoms with Crippen LogP contribution in [0.1, 0.15) is 65.5 Å². The first-order chi connectivity index (χ1) is 12.5. The highest BCUT2D eigenvalue weighted by atomic mass is 16.5. The number of carbonyl (C=O) groups is 2. The van der Waals surface area contributed by atoms with E-state index in [1.165, 1.54) is 12.8 Å². The van der Waals surface area contributed by atoms with Gasteiger partial charge in [0.2, 0.25) is 11.8 Å². The van der Waals surface area contributed by atoms with Crippen LogP contribution >= 0.6 is 0 Å². The molecule has 1 aliphatic carbocycles. The third-order valence-electron chi connectivity index (χ3n) is 4.29. The number of rotatable bonds is 5. The number of aryl methyl sites for hydroxylation is 1. The molecule has 1 aliphatic heterocycles. The van der Waals surface area contributed by atoms with E-state index in [2.05, 4.69) is 15.0 Å². The zero-order valence-electron chi connectivity index (χ0n) is 17.0. The molecule has 2 aliphatic rings. The minimum atomic E-state index is -0.213. The Balaban J connectivity index is 0.000000353. The number of hydrogen-bond donors (Lipinski definition) is 1. The van der Waals surface area contributed by atoms with Gasteiger partial charge < -0.3 is 14.7 Å². The van der Waals surface area contributed by atoms with Gasteiger partial charge in [0.05, 0.1) is 5.69 Å². The zero-order chi connectivity index (χ0) is 19.5. The lowest BCUT2D eigenvalue weighted by atomic mass is 10.1. The van der Waals surface area contributed by atoms with Crippen LogP contribution in [0.25, 0.3) is 0 Å². The molecule has 3 rings (SSSR count). The Hall–Kier alpha value is -1.85. The van der Waals surface area contributed by atoms with E-state index in [9.17, 15) is 9.59 Å². The lowest BCUT2D eigenvalue weighted by molar-refractivity contribution is -0.139. The van der Waals surface area contributed by atoms with E-state index in [1.54, 1.807) is 17.2 Å². The summed E-state index contributed by atoms with van der Waals surface area (Å²) >= 11 is 0. The fourth-order valence-electron chi connectivity index (χ4n) is 2.76. The standard InChI is InChI=1S/C14H24N2O2.C4H5NO.C2H6/c1-10(2)8-13(17)16-7-3-4-12(16)14(18)15-9-11-5-6-11;1-4-2-3-6-5-4;1-2/h10-12H,3-9H2,1-2H3,(H,15,18);2-3H,1H3;1-2H3. The largest absolute Gasteiger partial charge is 0.365 e. The number of amides is 2. The topological polar surface area (TPSA) is 75.4 Å². The summed E-state index contributed by atoms with van der Waals surface area (Å²) in [5.74, 6) is 1.23. The van der Waals surface area contributed by atoms with Gasteiger partial charge in [-0.15, -0.1) is 0 Å². The van der Waals surface area contributed by atoms with Crippen LogP contribution in [0, 0.1) is 18.8 Å². The van der Waals surface area contributed by atoms with Gasteiger partial charge in [-0.3, -0.25) is 9.59 Å². The molecule has 1 saturated heterocycles. The highest BCUT2D eigenvalue weighted by Gasteiger charge is 2.34. The number of nitrogens with one attached hydrogen (secondary N) is 1. The molecule has 2 fully saturated rings. The van der Waals surface area contributed by atoms with E-state index in [4.69, 9.17) is 0 Å². The number of aromatic nitrogens is 1. The van der Waals surface area contributed by atoms with Crippen LogP contribution in [0.15, 0.2) is 16.9 Å². The van der Waals surface area contributed by atoms with Crippen molar-refractivity contribution in [3.05, 3.63) is 18.0 Å². The molecule has 1 atom stereocenters. The van der Waals surface area contributed by atoms with E-state index < -0.39 is 0 Å². The Morgan fingerprint density at radius 2 is 2.00 bits per heavy atom. The summed E-state index contributed by atoms with van der Waals surface area (Å²) in [5, 5.41) is 6.53. The Kier molecular flexibility index (Phi) is 9.99. The van der Waals surface area contributed by atoms with E-state index in [0.717, 1.165) is 31.6 Å². The lowest BCUT2D eigenvalue weighted by Crippen LogP contribution is -2.46. The summed E-state index contributed by atoms with van der Waals surface area (Å²) < 4.78 is 4.46. The first kappa shape index (κ1) is 22.2. The van der Waals surface area contributed by atoms with E-state index >= 15 is 0 Å². The molecule has 1 aromatic heterocycles. The van der Waals surface area contributed by atoms with Crippen molar-refractivity contribution in [1.82, 2.24) is 15.4 Å². The Bertz CT molecular complexity index is 524. The highest BCUT2D eigenvalue weighted by molar-refractivity contribution is 5.88. The van der Waals surface area contributed by atoms with Gasteiger partial charge in [-0.1, -0.05) is 32.9 Å². The maximum Gasteiger partial charge on any atom is 0.242 e. The summed E-state index contributed by atoms with van der Waals surface area (Å²) in [5.41, 5.74) is 0.926. The summed E-state index contributed by atoms with van der Waals surface area (Å²) in [6.45, 7) is 11.5. The van der Waals surface area contributed by atoms with Crippen LogP contribution in [0.3, 0.4) is 0 Å². The minimum Gasteiger partial charge on any atom is -0.365 e. The van der Waals surface area contributed by atoms with Crippen LogP contribution in [-0.4, -0.2) is 41.0 Å². The Labute approximate surface area is 157 Å². The molecule has 2 heterocycles. The van der Waals surface area contributed by atoms with Crippen molar-refractivity contribution < 1.29 is 14.1 Å². The minimum absolute atomic E-state index is 0.0523. The molecule has 1 unspecified atom stereocenters. The first-order valence-electron chi connectivity index (χ1n) is 9.91. The van der Waals surface area contributed by atoms with Gasteiger partial charge in [-0.25, -0.2) is 0 Å². The third-order valence-corrected chi connectivity index (χ3v) is 4.29. The third kappa shape index (κ3) is 8.02. The molecule has 6 heteroatoms. The number of nitrogens with zero attached hydrogens (tertiary/aromatic N) is 2. The molecule has 148 valence electrons. The molecule has 2 amide bonds. The van der Waals surface area contributed by atoms with Crippen molar-refractivity contribution in [2.24, 2.45) is 11.8 Å². The van der Waals surface area contributed by atoms with Gasteiger partial charge in [-0.2, -0.15) is 0 Å². The Morgan fingerprint density at radius 1 is 1.31 bits per heavy atom. The molecule has 26 heavy (non-hydrogen) atoms. The van der Waals surface area contributed by atoms with Gasteiger partial charge in [0.15, 0.2) is 0 Å². The van der Waals surface area contributed by atoms with Gasteiger partial charge in [0, 0.05) is 25.6 Å². The van der Waals surface area contributed by atoms with Crippen molar-refractivity contribution in [3.63, 3.8) is 0 Å². The lowest BCUT2D eigenvalue weighted by Gasteiger charge is -2.24. The monoisotopic (exact) mass is 365 g/mol. The summed E-state index contributed by atoms with van der Waals surface area (Å²) in [7, 11) is 0. The average molecular weight is 366 g/mol. The van der Waals surface area contributed by atoms with Crippen molar-refractivity contribution in [3.8, 4) is 0 Å². The molecule has 1 saturated carbocycles. The van der Waals surface area contributed by atoms with Crippen LogP contribution in [0.4, 0.5) is 0 Å². The van der Waals surface area contributed by atoms with Crippen molar-refractivity contribution in [2.75, 3.05) is 13.1 Å². The molecule has 0 radical (unpaired) electrons. The second-order valence-corrected chi connectivity index (χ2v) is 7.17. The van der Waals surface area contributed by atoms with E-state index in [0.29, 0.717) is 18.3 Å². The number of likely N-dealkylation sites (tertiary alicyclic amines) is 1. The average Bonchev–Trinajstić information content (AvgIpc) is 3.09. The second kappa shape index (κ2) is 11.7. The molecule has 6 nitrogen and oxygen atoms in total. The highest BCUT2D eigenvalue weighted by Crippen LogP contribution is 2.28. The van der Waals surface area contributed by atoms with E-state index in [-0.39, 0.29) is 17.9 Å². The number of hydrogen-bond acceptors (Lipinski definition) is 4. The molecular formula is C20H35N3O3. The molecule has 0 aromatic carbocycles. The van der Waals surface area contributed by atoms with Crippen LogP contribution in [0.5, 0.6) is 0 Å². The fraction of sp³-hybridized carbons (Fsp3) is 0.750. The first-order valence-corrected chi connectivity index (χ1v) is 9.91.